The molecule has 3 N–H and O–H groups in total. The van der Waals surface area contributed by atoms with Crippen LogP contribution < -0.4 is 10.5 Å². The number of hydrogen-bond acceptors (Lipinski definition) is 4. The highest BCUT2D eigenvalue weighted by Gasteiger charge is 2.39. The van der Waals surface area contributed by atoms with Crippen molar-refractivity contribution in [2.45, 2.75) is 37.6 Å². The van der Waals surface area contributed by atoms with Crippen LogP contribution in [0.3, 0.4) is 0 Å². The smallest absolute Gasteiger partial charge is 0.211 e. The Morgan fingerprint density at radius 2 is 1.94 bits per heavy atom. The molecule has 1 rings (SSSR count). The molecule has 0 spiro atoms. The zero-order chi connectivity index (χ0) is 12.9. The first-order valence-electron chi connectivity index (χ1n) is 6.27. The number of unbranched alkanes of at least 4 members (excludes halogenated alkanes) is 1. The van der Waals surface area contributed by atoms with E-state index in [4.69, 9.17) is 5.73 Å². The van der Waals surface area contributed by atoms with Crippen LogP contribution in [0.5, 0.6) is 0 Å². The molecule has 0 unspecified atom stereocenters. The van der Waals surface area contributed by atoms with Crippen LogP contribution in [0.1, 0.15) is 32.1 Å². The van der Waals surface area contributed by atoms with Gasteiger partial charge in [-0.25, -0.2) is 13.1 Å². The van der Waals surface area contributed by atoms with E-state index in [9.17, 15) is 8.42 Å². The number of nitrogens with zero attached hydrogens (tertiary/aromatic N) is 1. The van der Waals surface area contributed by atoms with Crippen molar-refractivity contribution in [3.63, 3.8) is 0 Å². The van der Waals surface area contributed by atoms with Crippen LogP contribution in [0.25, 0.3) is 0 Å². The van der Waals surface area contributed by atoms with Gasteiger partial charge in [-0.1, -0.05) is 0 Å². The molecule has 17 heavy (non-hydrogen) atoms. The summed E-state index contributed by atoms with van der Waals surface area (Å²) in [4.78, 5) is 2.14. The number of hydrogen-bond donors (Lipinski definition) is 2. The Labute approximate surface area is 105 Å². The van der Waals surface area contributed by atoms with Gasteiger partial charge in [0.1, 0.15) is 0 Å². The molecule has 0 aliphatic heterocycles. The molecule has 0 aromatic rings. The van der Waals surface area contributed by atoms with Crippen molar-refractivity contribution in [3.05, 3.63) is 0 Å². The van der Waals surface area contributed by atoms with Gasteiger partial charge in [-0.15, -0.1) is 0 Å². The maximum Gasteiger partial charge on any atom is 0.211 e. The normalized spacial score (nSPS) is 19.3. The number of likely N-dealkylation sites (N-methyl/N-ethyl adjacent to an activating group) is 1. The molecule has 0 aromatic carbocycles. The van der Waals surface area contributed by atoms with Gasteiger partial charge < -0.3 is 10.6 Å². The summed E-state index contributed by atoms with van der Waals surface area (Å²) >= 11 is 0. The van der Waals surface area contributed by atoms with Crippen LogP contribution in [0, 0.1) is 0 Å². The van der Waals surface area contributed by atoms with Crippen LogP contribution in [0.4, 0.5) is 0 Å². The first-order valence-corrected chi connectivity index (χ1v) is 7.92. The molecule has 1 aliphatic carbocycles. The fourth-order valence-corrected chi connectivity index (χ4v) is 3.34. The van der Waals surface area contributed by atoms with Gasteiger partial charge in [-0.3, -0.25) is 0 Å². The molecule has 0 radical (unpaired) electrons. The predicted molar refractivity (Wildman–Crippen MR) is 70.3 cm³/mol. The van der Waals surface area contributed by atoms with Crippen molar-refractivity contribution < 1.29 is 8.42 Å². The highest BCUT2D eigenvalue weighted by Crippen LogP contribution is 2.35. The third kappa shape index (κ3) is 4.21. The molecule has 6 heteroatoms. The van der Waals surface area contributed by atoms with E-state index < -0.39 is 10.0 Å². The molecule has 1 saturated carbocycles. The van der Waals surface area contributed by atoms with Gasteiger partial charge in [-0.05, 0) is 52.7 Å². The van der Waals surface area contributed by atoms with Gasteiger partial charge in [0.15, 0.2) is 0 Å². The average molecular weight is 263 g/mol. The van der Waals surface area contributed by atoms with E-state index in [0.29, 0.717) is 19.5 Å². The Morgan fingerprint density at radius 3 is 2.35 bits per heavy atom. The Bertz CT molecular complexity index is 324. The van der Waals surface area contributed by atoms with E-state index in [0.717, 1.165) is 19.3 Å². The zero-order valence-corrected chi connectivity index (χ0v) is 11.7. The third-order valence-electron chi connectivity index (χ3n) is 3.72. The Kier molecular flexibility index (Phi) is 5.37. The molecule has 0 aromatic heterocycles. The summed E-state index contributed by atoms with van der Waals surface area (Å²) in [5, 5.41) is 0. The Balaban J connectivity index is 2.38. The standard InChI is InChI=1S/C11H25N3O2S/c1-14(2)11(6-5-7-11)10-13-17(15,16)9-4-3-8-12/h13H,3-10,12H2,1-2H3. The molecule has 102 valence electrons. The van der Waals surface area contributed by atoms with Gasteiger partial charge in [0.2, 0.25) is 10.0 Å². The van der Waals surface area contributed by atoms with Gasteiger partial charge in [0, 0.05) is 12.1 Å². The van der Waals surface area contributed by atoms with Crippen molar-refractivity contribution in [2.24, 2.45) is 5.73 Å². The molecule has 1 aliphatic rings. The second kappa shape index (κ2) is 6.13. The molecule has 0 amide bonds. The zero-order valence-electron chi connectivity index (χ0n) is 10.9. The minimum Gasteiger partial charge on any atom is -0.330 e. The van der Waals surface area contributed by atoms with Crippen LogP contribution in [-0.4, -0.2) is 51.8 Å². The predicted octanol–water partition coefficient (Wildman–Crippen LogP) is 0.129. The van der Waals surface area contributed by atoms with E-state index in [2.05, 4.69) is 9.62 Å². The summed E-state index contributed by atoms with van der Waals surface area (Å²) in [6, 6.07) is 0. The average Bonchev–Trinajstić information content (AvgIpc) is 2.15. The van der Waals surface area contributed by atoms with Crippen molar-refractivity contribution in [1.29, 1.82) is 0 Å². The molecular weight excluding hydrogens is 238 g/mol. The second-order valence-corrected chi connectivity index (χ2v) is 7.03. The lowest BCUT2D eigenvalue weighted by atomic mass is 9.76. The molecule has 1 fully saturated rings. The van der Waals surface area contributed by atoms with Gasteiger partial charge in [0.25, 0.3) is 0 Å². The highest BCUT2D eigenvalue weighted by molar-refractivity contribution is 7.89. The lowest BCUT2D eigenvalue weighted by Crippen LogP contribution is -2.57. The minimum atomic E-state index is -3.13. The van der Waals surface area contributed by atoms with Crippen molar-refractivity contribution in [3.8, 4) is 0 Å². The molecule has 5 nitrogen and oxygen atoms in total. The van der Waals surface area contributed by atoms with Crippen molar-refractivity contribution >= 4 is 10.0 Å². The monoisotopic (exact) mass is 263 g/mol. The van der Waals surface area contributed by atoms with E-state index >= 15 is 0 Å². The molecule has 0 bridgehead atoms. The van der Waals surface area contributed by atoms with E-state index in [1.54, 1.807) is 0 Å². The Morgan fingerprint density at radius 1 is 1.29 bits per heavy atom. The van der Waals surface area contributed by atoms with Crippen LogP contribution in [0.15, 0.2) is 0 Å². The summed E-state index contributed by atoms with van der Waals surface area (Å²) in [6.07, 6.45) is 4.74. The SMILES string of the molecule is CN(C)C1(CNS(=O)(=O)CCCCN)CCC1. The van der Waals surface area contributed by atoms with E-state index in [1.165, 1.54) is 6.42 Å². The lowest BCUT2D eigenvalue weighted by Gasteiger charge is -2.47. The quantitative estimate of drug-likeness (QED) is 0.610. The van der Waals surface area contributed by atoms with Crippen molar-refractivity contribution in [1.82, 2.24) is 9.62 Å². The summed E-state index contributed by atoms with van der Waals surface area (Å²) in [5.41, 5.74) is 5.39. The largest absolute Gasteiger partial charge is 0.330 e. The van der Waals surface area contributed by atoms with E-state index in [-0.39, 0.29) is 11.3 Å². The minimum absolute atomic E-state index is 0.0426. The summed E-state index contributed by atoms with van der Waals surface area (Å²) in [7, 11) is 0.903. The lowest BCUT2D eigenvalue weighted by molar-refractivity contribution is 0.0657. The summed E-state index contributed by atoms with van der Waals surface area (Å²) < 4.78 is 26.2. The summed E-state index contributed by atoms with van der Waals surface area (Å²) in [6.45, 7) is 1.09. The highest BCUT2D eigenvalue weighted by atomic mass is 32.2. The fourth-order valence-electron chi connectivity index (χ4n) is 2.12. The third-order valence-corrected chi connectivity index (χ3v) is 5.13. The Hall–Kier alpha value is -0.170. The molecule has 0 heterocycles. The van der Waals surface area contributed by atoms with Gasteiger partial charge >= 0.3 is 0 Å². The second-order valence-electron chi connectivity index (χ2n) is 5.11. The molecular formula is C11H25N3O2S. The number of nitrogens with one attached hydrogen (secondary N) is 1. The number of rotatable bonds is 8. The number of sulfonamides is 1. The molecule has 0 saturated heterocycles. The first kappa shape index (κ1) is 14.9. The maximum absolute atomic E-state index is 11.7. The maximum atomic E-state index is 11.7. The van der Waals surface area contributed by atoms with Gasteiger partial charge in [0.05, 0.1) is 5.75 Å². The van der Waals surface area contributed by atoms with Crippen molar-refractivity contribution in [2.75, 3.05) is 32.9 Å². The summed E-state index contributed by atoms with van der Waals surface area (Å²) in [5.74, 6) is 0.188. The van der Waals surface area contributed by atoms with Gasteiger partial charge in [-0.2, -0.15) is 0 Å². The first-order chi connectivity index (χ1) is 7.92. The topological polar surface area (TPSA) is 75.4 Å². The van der Waals surface area contributed by atoms with Crippen LogP contribution >= 0.6 is 0 Å². The molecule has 0 atom stereocenters. The fraction of sp³-hybridized carbons (Fsp3) is 1.00. The van der Waals surface area contributed by atoms with Crippen LogP contribution in [0.2, 0.25) is 0 Å². The van der Waals surface area contributed by atoms with Crippen LogP contribution in [-0.2, 0) is 10.0 Å². The van der Waals surface area contributed by atoms with E-state index in [1.807, 2.05) is 14.1 Å². The number of nitrogens with two attached hydrogens (primary N) is 1.